The Kier molecular flexibility index (Phi) is 4.13. The number of benzene rings is 2. The van der Waals surface area contributed by atoms with Crippen molar-refractivity contribution < 1.29 is 4.39 Å². The van der Waals surface area contributed by atoms with Crippen LogP contribution in [0.5, 0.6) is 0 Å². The highest BCUT2D eigenvalue weighted by Crippen LogP contribution is 2.24. The maximum Gasteiger partial charge on any atom is 0.203 e. The van der Waals surface area contributed by atoms with E-state index in [2.05, 4.69) is 46.5 Å². The lowest BCUT2D eigenvalue weighted by Gasteiger charge is -2.07. The third kappa shape index (κ3) is 3.16. The molecule has 0 saturated carbocycles. The Labute approximate surface area is 151 Å². The quantitative estimate of drug-likeness (QED) is 0.583. The predicted molar refractivity (Wildman–Crippen MR) is 102 cm³/mol. The molecule has 4 nitrogen and oxygen atoms in total. The number of hydrogen-bond acceptors (Lipinski definition) is 3. The third-order valence-electron chi connectivity index (χ3n) is 4.44. The van der Waals surface area contributed by atoms with Crippen molar-refractivity contribution in [2.24, 2.45) is 7.05 Å². The third-order valence-corrected chi connectivity index (χ3v) is 4.44. The summed E-state index contributed by atoms with van der Waals surface area (Å²) in [5.74, 6) is 0.539. The molecule has 4 aromatic rings. The van der Waals surface area contributed by atoms with Crippen LogP contribution in [-0.2, 0) is 13.6 Å². The maximum absolute atomic E-state index is 13.1. The van der Waals surface area contributed by atoms with E-state index >= 15 is 0 Å². The number of nitrogens with zero attached hydrogens (tertiary/aromatic N) is 3. The largest absolute Gasteiger partial charge is 0.352 e. The molecule has 0 aliphatic carbocycles. The van der Waals surface area contributed by atoms with Gasteiger partial charge in [0.25, 0.3) is 0 Å². The molecule has 5 heteroatoms. The van der Waals surface area contributed by atoms with E-state index in [0.29, 0.717) is 6.54 Å². The fourth-order valence-corrected chi connectivity index (χ4v) is 3.04. The molecule has 0 spiro atoms. The first-order valence-corrected chi connectivity index (χ1v) is 8.48. The Morgan fingerprint density at radius 3 is 2.65 bits per heavy atom. The van der Waals surface area contributed by atoms with Crippen LogP contribution >= 0.6 is 0 Å². The summed E-state index contributed by atoms with van der Waals surface area (Å²) >= 11 is 0. The van der Waals surface area contributed by atoms with Crippen LogP contribution in [0.25, 0.3) is 22.3 Å². The molecule has 0 aliphatic rings. The first-order chi connectivity index (χ1) is 12.6. The normalized spacial score (nSPS) is 11.0. The minimum Gasteiger partial charge on any atom is -0.352 e. The Hall–Kier alpha value is -3.21. The number of nitrogens with one attached hydrogen (secondary N) is 1. The molecule has 130 valence electrons. The molecule has 26 heavy (non-hydrogen) atoms. The molecule has 4 rings (SSSR count). The average Bonchev–Trinajstić information content (AvgIpc) is 2.96. The average molecular weight is 346 g/mol. The Morgan fingerprint density at radius 2 is 1.88 bits per heavy atom. The molecule has 2 aromatic carbocycles. The second-order valence-corrected chi connectivity index (χ2v) is 6.40. The minimum absolute atomic E-state index is 0.252. The Balaban J connectivity index is 1.63. The summed E-state index contributed by atoms with van der Waals surface area (Å²) in [5.41, 5.74) is 5.93. The van der Waals surface area contributed by atoms with Gasteiger partial charge in [-0.05, 0) is 42.8 Å². The number of aromatic nitrogens is 3. The van der Waals surface area contributed by atoms with Crippen molar-refractivity contribution in [3.63, 3.8) is 0 Å². The Morgan fingerprint density at radius 1 is 1.08 bits per heavy atom. The van der Waals surface area contributed by atoms with Crippen LogP contribution in [0.4, 0.5) is 10.3 Å². The molecule has 0 aliphatic heterocycles. The lowest BCUT2D eigenvalue weighted by atomic mass is 10.1. The van der Waals surface area contributed by atoms with E-state index in [9.17, 15) is 4.39 Å². The van der Waals surface area contributed by atoms with Gasteiger partial charge in [0.15, 0.2) is 0 Å². The first kappa shape index (κ1) is 16.3. The zero-order chi connectivity index (χ0) is 18.1. The van der Waals surface area contributed by atoms with E-state index in [1.165, 1.54) is 23.3 Å². The highest BCUT2D eigenvalue weighted by atomic mass is 19.1. The number of halogens is 1. The fourth-order valence-electron chi connectivity index (χ4n) is 3.04. The summed E-state index contributed by atoms with van der Waals surface area (Å²) in [6.45, 7) is 2.79. The van der Waals surface area contributed by atoms with Crippen molar-refractivity contribution in [3.05, 3.63) is 77.7 Å². The van der Waals surface area contributed by atoms with Crippen LogP contribution in [0.15, 0.2) is 60.8 Å². The van der Waals surface area contributed by atoms with Crippen LogP contribution in [-0.4, -0.2) is 14.5 Å². The van der Waals surface area contributed by atoms with E-state index in [-0.39, 0.29) is 5.82 Å². The van der Waals surface area contributed by atoms with Gasteiger partial charge in [-0.25, -0.2) is 9.37 Å². The molecule has 0 radical (unpaired) electrons. The van der Waals surface area contributed by atoms with Crippen molar-refractivity contribution in [3.8, 4) is 11.3 Å². The van der Waals surface area contributed by atoms with E-state index in [1.54, 1.807) is 18.3 Å². The van der Waals surface area contributed by atoms with Crippen LogP contribution in [0.1, 0.15) is 11.1 Å². The van der Waals surface area contributed by atoms with Gasteiger partial charge in [-0.2, -0.15) is 0 Å². The van der Waals surface area contributed by atoms with E-state index in [1.807, 2.05) is 17.7 Å². The smallest absolute Gasteiger partial charge is 0.203 e. The van der Waals surface area contributed by atoms with Gasteiger partial charge in [-0.15, -0.1) is 0 Å². The van der Waals surface area contributed by atoms with Gasteiger partial charge in [-0.1, -0.05) is 29.8 Å². The summed E-state index contributed by atoms with van der Waals surface area (Å²) in [7, 11) is 1.97. The molecular weight excluding hydrogens is 327 g/mol. The molecule has 0 fully saturated rings. The molecule has 1 N–H and O–H groups in total. The van der Waals surface area contributed by atoms with Gasteiger partial charge in [-0.3, -0.25) is 4.98 Å². The van der Waals surface area contributed by atoms with Gasteiger partial charge >= 0.3 is 0 Å². The summed E-state index contributed by atoms with van der Waals surface area (Å²) in [4.78, 5) is 9.09. The summed E-state index contributed by atoms with van der Waals surface area (Å²) in [6, 6.07) is 16.7. The number of fused-ring (bicyclic) bond motifs is 1. The van der Waals surface area contributed by atoms with Gasteiger partial charge in [0.2, 0.25) is 5.95 Å². The van der Waals surface area contributed by atoms with Gasteiger partial charge in [0, 0.05) is 19.2 Å². The zero-order valence-corrected chi connectivity index (χ0v) is 14.7. The number of hydrogen-bond donors (Lipinski definition) is 1. The second-order valence-electron chi connectivity index (χ2n) is 6.40. The predicted octanol–water partition coefficient (Wildman–Crippen LogP) is 4.69. The van der Waals surface area contributed by atoms with Crippen molar-refractivity contribution >= 4 is 17.0 Å². The molecule has 2 aromatic heterocycles. The van der Waals surface area contributed by atoms with Crippen LogP contribution in [0, 0.1) is 12.7 Å². The molecule has 0 atom stereocenters. The number of imidazole rings is 1. The van der Waals surface area contributed by atoms with Crippen LogP contribution in [0.3, 0.4) is 0 Å². The van der Waals surface area contributed by atoms with Crippen molar-refractivity contribution in [2.75, 3.05) is 5.32 Å². The minimum atomic E-state index is -0.252. The van der Waals surface area contributed by atoms with Gasteiger partial charge in [0.1, 0.15) is 11.3 Å². The van der Waals surface area contributed by atoms with Crippen molar-refractivity contribution in [2.45, 2.75) is 13.5 Å². The molecule has 0 saturated heterocycles. The number of anilines is 1. The lowest BCUT2D eigenvalue weighted by molar-refractivity contribution is 0.628. The van der Waals surface area contributed by atoms with Crippen molar-refractivity contribution in [1.82, 2.24) is 14.5 Å². The monoisotopic (exact) mass is 346 g/mol. The molecule has 0 bridgehead atoms. The maximum atomic E-state index is 13.1. The van der Waals surface area contributed by atoms with Gasteiger partial charge < -0.3 is 9.88 Å². The van der Waals surface area contributed by atoms with Crippen molar-refractivity contribution in [1.29, 1.82) is 0 Å². The van der Waals surface area contributed by atoms with E-state index < -0.39 is 0 Å². The topological polar surface area (TPSA) is 42.7 Å². The molecule has 2 heterocycles. The summed E-state index contributed by atoms with van der Waals surface area (Å²) in [6.07, 6.45) is 1.76. The van der Waals surface area contributed by atoms with Crippen LogP contribution in [0.2, 0.25) is 0 Å². The molecule has 0 unspecified atom stereocenters. The SMILES string of the molecule is Cc1cccc(CNc2nc3cnc(-c4ccc(F)cc4)cc3n2C)c1. The zero-order valence-electron chi connectivity index (χ0n) is 14.7. The standard InChI is InChI=1S/C21H19FN4/c1-14-4-3-5-15(10-14)12-24-21-25-19-13-23-18(11-20(19)26(21)2)16-6-8-17(22)9-7-16/h3-11,13H,12H2,1-2H3,(H,24,25). The molecular formula is C21H19FN4. The van der Waals surface area contributed by atoms with E-state index in [4.69, 9.17) is 0 Å². The summed E-state index contributed by atoms with van der Waals surface area (Å²) in [5, 5.41) is 3.39. The number of aryl methyl sites for hydroxylation is 2. The fraction of sp³-hybridized carbons (Fsp3) is 0.143. The lowest BCUT2D eigenvalue weighted by Crippen LogP contribution is -2.05. The van der Waals surface area contributed by atoms with E-state index in [0.717, 1.165) is 28.2 Å². The Bertz CT molecular complexity index is 1070. The number of rotatable bonds is 4. The van der Waals surface area contributed by atoms with Gasteiger partial charge in [0.05, 0.1) is 17.4 Å². The highest BCUT2D eigenvalue weighted by molar-refractivity contribution is 5.82. The second kappa shape index (κ2) is 6.59. The summed E-state index contributed by atoms with van der Waals surface area (Å²) < 4.78 is 15.1. The number of pyridine rings is 1. The highest BCUT2D eigenvalue weighted by Gasteiger charge is 2.10. The first-order valence-electron chi connectivity index (χ1n) is 8.48. The van der Waals surface area contributed by atoms with Crippen LogP contribution < -0.4 is 5.32 Å². The molecule has 0 amide bonds.